The number of piperidine rings is 2. The smallest absolute Gasteiger partial charge is 0.120 e. The van der Waals surface area contributed by atoms with Crippen molar-refractivity contribution in [1.82, 2.24) is 10.2 Å². The van der Waals surface area contributed by atoms with Gasteiger partial charge in [-0.1, -0.05) is 6.92 Å². The van der Waals surface area contributed by atoms with Crippen LogP contribution in [0, 0.1) is 35.5 Å². The van der Waals surface area contributed by atoms with Gasteiger partial charge in [-0.05, 0) is 67.3 Å². The number of methoxy groups -OCH3 is 1. The lowest BCUT2D eigenvalue weighted by Gasteiger charge is -2.58. The molecule has 150 valence electrons. The summed E-state index contributed by atoms with van der Waals surface area (Å²) in [6.45, 7) is 4.64. The van der Waals surface area contributed by atoms with Crippen LogP contribution in [0.15, 0.2) is 11.3 Å². The molecule has 27 heavy (non-hydrogen) atoms. The molecule has 5 fully saturated rings. The van der Waals surface area contributed by atoms with E-state index in [-0.39, 0.29) is 12.6 Å². The van der Waals surface area contributed by atoms with Gasteiger partial charge in [0.05, 0.1) is 6.10 Å². The van der Waals surface area contributed by atoms with Crippen LogP contribution >= 0.6 is 0 Å². The van der Waals surface area contributed by atoms with Crippen molar-refractivity contribution >= 4 is 0 Å². The van der Waals surface area contributed by atoms with Gasteiger partial charge in [-0.2, -0.15) is 0 Å². The molecule has 0 aromatic carbocycles. The van der Waals surface area contributed by atoms with Crippen molar-refractivity contribution in [3.05, 3.63) is 11.3 Å². The van der Waals surface area contributed by atoms with E-state index in [2.05, 4.69) is 17.1 Å². The third-order valence-corrected chi connectivity index (χ3v) is 9.54. The topological polar surface area (TPSA) is 65.0 Å². The summed E-state index contributed by atoms with van der Waals surface area (Å²) in [5.74, 6) is 3.32. The van der Waals surface area contributed by atoms with E-state index >= 15 is 0 Å². The number of nitrogens with one attached hydrogen (secondary N) is 1. The zero-order valence-corrected chi connectivity index (χ0v) is 16.6. The predicted molar refractivity (Wildman–Crippen MR) is 102 cm³/mol. The molecule has 5 heteroatoms. The van der Waals surface area contributed by atoms with Gasteiger partial charge in [0.25, 0.3) is 0 Å². The van der Waals surface area contributed by atoms with E-state index in [1.165, 1.54) is 18.5 Å². The first-order chi connectivity index (χ1) is 13.0. The molecule has 4 aliphatic heterocycles. The molecule has 2 saturated heterocycles. The lowest BCUT2D eigenvalue weighted by molar-refractivity contribution is -0.141. The summed E-state index contributed by atoms with van der Waals surface area (Å²) in [6.07, 6.45) is 5.90. The number of fused-ring (bicyclic) bond motifs is 7. The summed E-state index contributed by atoms with van der Waals surface area (Å²) in [5, 5.41) is 25.6. The van der Waals surface area contributed by atoms with Crippen molar-refractivity contribution in [2.45, 2.75) is 62.8 Å². The Morgan fingerprint density at radius 2 is 2.15 bits per heavy atom. The Hall–Kier alpha value is -0.620. The summed E-state index contributed by atoms with van der Waals surface area (Å²) < 4.78 is 5.83. The Balaban J connectivity index is 1.36. The summed E-state index contributed by atoms with van der Waals surface area (Å²) in [6, 6.07) is 0.755. The van der Waals surface area contributed by atoms with Crippen LogP contribution in [0.25, 0.3) is 0 Å². The molecular formula is C22H34N2O3. The highest BCUT2D eigenvalue weighted by atomic mass is 16.5. The minimum absolute atomic E-state index is 0.219. The van der Waals surface area contributed by atoms with Gasteiger partial charge in [-0.3, -0.25) is 4.90 Å². The molecule has 3 saturated carbocycles. The Labute approximate surface area is 162 Å². The number of nitrogens with zero attached hydrogens (tertiary/aromatic N) is 1. The maximum atomic E-state index is 12.0. The second-order valence-corrected chi connectivity index (χ2v) is 10.5. The molecular weight excluding hydrogens is 340 g/mol. The van der Waals surface area contributed by atoms with Crippen molar-refractivity contribution in [2.75, 3.05) is 26.8 Å². The average Bonchev–Trinajstić information content (AvgIpc) is 3.34. The minimum atomic E-state index is -0.702. The fraction of sp³-hybridized carbons (Fsp3) is 0.909. The lowest BCUT2D eigenvalue weighted by atomic mass is 9.60. The highest BCUT2D eigenvalue weighted by molar-refractivity contribution is 5.40. The van der Waals surface area contributed by atoms with Crippen LogP contribution in [0.2, 0.25) is 0 Å². The SMILES string of the molecule is CO[C@H]1C[C@H]2C[C@H]1[C@@H]1C3=C(N[C@@H]21)[C@@]1(O)C[C@@H]2CN(CC3)[C@@H]1C[C@H]2[C@H](C)CO. The quantitative estimate of drug-likeness (QED) is 0.696. The Bertz CT molecular complexity index is 680. The number of aliphatic hydroxyl groups excluding tert-OH is 1. The van der Waals surface area contributed by atoms with Gasteiger partial charge in [-0.25, -0.2) is 0 Å². The van der Waals surface area contributed by atoms with Crippen molar-refractivity contribution in [3.8, 4) is 0 Å². The second kappa shape index (κ2) is 5.71. The maximum Gasteiger partial charge on any atom is 0.120 e. The average molecular weight is 375 g/mol. The first-order valence-corrected chi connectivity index (χ1v) is 11.1. The van der Waals surface area contributed by atoms with Gasteiger partial charge < -0.3 is 20.3 Å². The summed E-state index contributed by atoms with van der Waals surface area (Å²) in [7, 11) is 1.87. The molecule has 0 aromatic rings. The third-order valence-electron chi connectivity index (χ3n) is 9.54. The van der Waals surface area contributed by atoms with E-state index in [0.717, 1.165) is 32.4 Å². The van der Waals surface area contributed by atoms with Crippen LogP contribution in [-0.4, -0.2) is 65.7 Å². The van der Waals surface area contributed by atoms with Gasteiger partial charge in [0.1, 0.15) is 5.60 Å². The van der Waals surface area contributed by atoms with Gasteiger partial charge >= 0.3 is 0 Å². The number of ether oxygens (including phenoxy) is 1. The summed E-state index contributed by atoms with van der Waals surface area (Å²) in [5.41, 5.74) is 2.06. The van der Waals surface area contributed by atoms with Gasteiger partial charge in [0.15, 0.2) is 0 Å². The molecule has 7 aliphatic rings. The monoisotopic (exact) mass is 374 g/mol. The molecule has 3 N–H and O–H groups in total. The fourth-order valence-corrected chi connectivity index (χ4v) is 8.40. The van der Waals surface area contributed by atoms with Crippen molar-refractivity contribution in [1.29, 1.82) is 0 Å². The van der Waals surface area contributed by atoms with Crippen LogP contribution in [0.4, 0.5) is 0 Å². The third kappa shape index (κ3) is 2.09. The molecule has 11 atom stereocenters. The highest BCUT2D eigenvalue weighted by Crippen LogP contribution is 2.60. The van der Waals surface area contributed by atoms with Gasteiger partial charge in [-0.15, -0.1) is 0 Å². The van der Waals surface area contributed by atoms with Crippen LogP contribution in [-0.2, 0) is 4.74 Å². The standard InChI is InChI=1S/C22H34N2O3/c1-11(10-25)15-7-18-22(26)8-13(15)9-24(18)4-3-14-19-16-5-12(6-17(16)27-2)20(19)23-21(14)22/h11-13,15-20,23,25-26H,3-10H2,1-2H3/t11-,12-,13-,15+,16-,17+,18-,19+,20+,22-/m1/s1. The zero-order valence-electron chi connectivity index (χ0n) is 16.6. The molecule has 6 bridgehead atoms. The highest BCUT2D eigenvalue weighted by Gasteiger charge is 2.64. The first kappa shape index (κ1) is 17.3. The number of aliphatic hydroxyl groups is 2. The van der Waals surface area contributed by atoms with Crippen molar-refractivity contribution < 1.29 is 14.9 Å². The maximum absolute atomic E-state index is 12.0. The Kier molecular flexibility index (Phi) is 3.65. The molecule has 5 nitrogen and oxygen atoms in total. The molecule has 0 radical (unpaired) electrons. The Morgan fingerprint density at radius 3 is 2.89 bits per heavy atom. The normalized spacial score (nSPS) is 55.9. The fourth-order valence-electron chi connectivity index (χ4n) is 8.40. The van der Waals surface area contributed by atoms with E-state index in [9.17, 15) is 10.2 Å². The van der Waals surface area contributed by atoms with Gasteiger partial charge in [0, 0.05) is 50.5 Å². The number of hydrogen-bond acceptors (Lipinski definition) is 5. The predicted octanol–water partition coefficient (Wildman–Crippen LogP) is 1.36. The van der Waals surface area contributed by atoms with Crippen molar-refractivity contribution in [3.63, 3.8) is 0 Å². The van der Waals surface area contributed by atoms with Gasteiger partial charge in [0.2, 0.25) is 0 Å². The first-order valence-electron chi connectivity index (χ1n) is 11.1. The minimum Gasteiger partial charge on any atom is -0.396 e. The molecule has 0 spiro atoms. The molecule has 0 aromatic heterocycles. The number of hydrogen-bond donors (Lipinski definition) is 3. The van der Waals surface area contributed by atoms with Crippen LogP contribution in [0.1, 0.15) is 39.0 Å². The van der Waals surface area contributed by atoms with E-state index in [0.29, 0.717) is 47.7 Å². The Morgan fingerprint density at radius 1 is 1.30 bits per heavy atom. The van der Waals surface area contributed by atoms with E-state index in [4.69, 9.17) is 4.74 Å². The molecule has 1 unspecified atom stereocenters. The van der Waals surface area contributed by atoms with E-state index in [1.807, 2.05) is 7.11 Å². The van der Waals surface area contributed by atoms with Crippen LogP contribution in [0.5, 0.6) is 0 Å². The largest absolute Gasteiger partial charge is 0.396 e. The summed E-state index contributed by atoms with van der Waals surface area (Å²) >= 11 is 0. The lowest BCUT2D eigenvalue weighted by Crippen LogP contribution is -2.67. The second-order valence-electron chi connectivity index (χ2n) is 10.5. The molecule has 4 heterocycles. The number of rotatable bonds is 3. The molecule has 0 amide bonds. The molecule has 3 aliphatic carbocycles. The molecule has 7 rings (SSSR count). The van der Waals surface area contributed by atoms with Crippen LogP contribution < -0.4 is 5.32 Å². The van der Waals surface area contributed by atoms with Crippen LogP contribution in [0.3, 0.4) is 0 Å². The van der Waals surface area contributed by atoms with E-state index < -0.39 is 5.60 Å². The van der Waals surface area contributed by atoms with Crippen molar-refractivity contribution in [2.24, 2.45) is 35.5 Å². The zero-order chi connectivity index (χ0) is 18.5. The van der Waals surface area contributed by atoms with E-state index in [1.54, 1.807) is 5.57 Å². The summed E-state index contributed by atoms with van der Waals surface area (Å²) in [4.78, 5) is 2.57.